The zero-order valence-electron chi connectivity index (χ0n) is 8.94. The molecule has 1 aliphatic rings. The van der Waals surface area contributed by atoms with Crippen LogP contribution in [0.3, 0.4) is 0 Å². The van der Waals surface area contributed by atoms with Gasteiger partial charge in [-0.3, -0.25) is 0 Å². The molecule has 0 fully saturated rings. The van der Waals surface area contributed by atoms with E-state index in [0.717, 1.165) is 15.9 Å². The van der Waals surface area contributed by atoms with E-state index in [0.29, 0.717) is 5.25 Å². The van der Waals surface area contributed by atoms with Crippen LogP contribution in [0, 0.1) is 6.92 Å². The lowest BCUT2D eigenvalue weighted by atomic mass is 10.3. The Kier molecular flexibility index (Phi) is 3.21. The molecule has 2 rings (SSSR count). The van der Waals surface area contributed by atoms with Crippen LogP contribution in [0.15, 0.2) is 22.2 Å². The molecule has 5 heteroatoms. The highest BCUT2D eigenvalue weighted by molar-refractivity contribution is 8.16. The third kappa shape index (κ3) is 2.66. The summed E-state index contributed by atoms with van der Waals surface area (Å²) in [7, 11) is 0. The van der Waals surface area contributed by atoms with Gasteiger partial charge in [-0.25, -0.2) is 9.98 Å². The van der Waals surface area contributed by atoms with Crippen molar-refractivity contribution >= 4 is 34.7 Å². The first-order chi connectivity index (χ1) is 7.15. The summed E-state index contributed by atoms with van der Waals surface area (Å²) in [5.41, 5.74) is 1.17. The molecule has 0 radical (unpaired) electrons. The highest BCUT2D eigenvalue weighted by atomic mass is 32.2. The van der Waals surface area contributed by atoms with E-state index >= 15 is 0 Å². The van der Waals surface area contributed by atoms with E-state index in [-0.39, 0.29) is 0 Å². The number of nitrogens with zero attached hydrogens (tertiary/aromatic N) is 2. The van der Waals surface area contributed by atoms with Gasteiger partial charge in [-0.05, 0) is 30.5 Å². The summed E-state index contributed by atoms with van der Waals surface area (Å²) in [5, 5.41) is 1.47. The summed E-state index contributed by atoms with van der Waals surface area (Å²) < 4.78 is 3.22. The maximum Gasteiger partial charge on any atom is 0.174 e. The van der Waals surface area contributed by atoms with E-state index in [4.69, 9.17) is 0 Å². The summed E-state index contributed by atoms with van der Waals surface area (Å²) in [4.78, 5) is 9.88. The maximum absolute atomic E-state index is 4.46. The highest BCUT2D eigenvalue weighted by Gasteiger charge is 2.14. The van der Waals surface area contributed by atoms with Gasteiger partial charge >= 0.3 is 0 Å². The molecule has 0 unspecified atom stereocenters. The van der Waals surface area contributed by atoms with Crippen molar-refractivity contribution < 1.29 is 0 Å². The Morgan fingerprint density at radius 2 is 2.27 bits per heavy atom. The zero-order chi connectivity index (χ0) is 10.8. The highest BCUT2D eigenvalue weighted by Crippen LogP contribution is 2.32. The lowest BCUT2D eigenvalue weighted by Crippen LogP contribution is -2.17. The van der Waals surface area contributed by atoms with Gasteiger partial charge in [-0.15, -0.1) is 0 Å². The number of nitrogens with one attached hydrogen (secondary N) is 1. The molecule has 1 aromatic rings. The largest absolute Gasteiger partial charge is 0.305 e. The molecule has 80 valence electrons. The second-order valence-corrected chi connectivity index (χ2v) is 6.04. The molecule has 1 N–H and O–H groups in total. The fourth-order valence-corrected chi connectivity index (χ4v) is 2.77. The second kappa shape index (κ2) is 4.45. The van der Waals surface area contributed by atoms with Gasteiger partial charge in [0.1, 0.15) is 0 Å². The first-order valence-electron chi connectivity index (χ1n) is 4.80. The molecule has 3 nitrogen and oxygen atoms in total. The summed E-state index contributed by atoms with van der Waals surface area (Å²) in [6.45, 7) is 6.34. The van der Waals surface area contributed by atoms with Gasteiger partial charge in [0.2, 0.25) is 0 Å². The van der Waals surface area contributed by atoms with E-state index in [9.17, 15) is 0 Å². The van der Waals surface area contributed by atoms with Crippen LogP contribution in [0.4, 0.5) is 5.82 Å². The number of hydrogen-bond donors (Lipinski definition) is 1. The van der Waals surface area contributed by atoms with Crippen molar-refractivity contribution in [3.63, 3.8) is 0 Å². The van der Waals surface area contributed by atoms with E-state index in [1.165, 1.54) is 5.56 Å². The molecular weight excluding hydrogens is 226 g/mol. The Labute approximate surface area is 98.3 Å². The monoisotopic (exact) mass is 239 g/mol. The Balaban J connectivity index is 2.25. The number of fused-ring (bicyclic) bond motifs is 1. The quantitative estimate of drug-likeness (QED) is 0.764. The molecule has 0 bridgehead atoms. The third-order valence-corrected chi connectivity index (χ3v) is 3.61. The van der Waals surface area contributed by atoms with Crippen LogP contribution in [-0.4, -0.2) is 15.4 Å². The van der Waals surface area contributed by atoms with Crippen molar-refractivity contribution in [3.8, 4) is 0 Å². The molecule has 0 saturated carbocycles. The Hall–Kier alpha value is -0.680. The van der Waals surface area contributed by atoms with Crippen molar-refractivity contribution in [1.82, 2.24) is 9.71 Å². The number of amidine groups is 1. The first kappa shape index (κ1) is 10.8. The summed E-state index contributed by atoms with van der Waals surface area (Å²) in [6, 6.07) is 2.10. The fraction of sp³-hybridized carbons (Fsp3) is 0.400. The minimum atomic E-state index is 0.531. The fourth-order valence-electron chi connectivity index (χ4n) is 1.19. The smallest absolute Gasteiger partial charge is 0.174 e. The van der Waals surface area contributed by atoms with Gasteiger partial charge in [0.05, 0.1) is 4.90 Å². The van der Waals surface area contributed by atoms with Crippen LogP contribution >= 0.6 is 23.7 Å². The number of aryl methyl sites for hydroxylation is 1. The van der Waals surface area contributed by atoms with Crippen LogP contribution in [0.25, 0.3) is 0 Å². The number of hydrogen-bond acceptors (Lipinski definition) is 5. The average Bonchev–Trinajstić information content (AvgIpc) is 2.17. The summed E-state index contributed by atoms with van der Waals surface area (Å²) in [6.07, 6.45) is 1.85. The average molecular weight is 239 g/mol. The number of pyridine rings is 1. The van der Waals surface area contributed by atoms with Gasteiger partial charge in [-0.2, -0.15) is 0 Å². The zero-order valence-corrected chi connectivity index (χ0v) is 10.6. The van der Waals surface area contributed by atoms with Crippen molar-refractivity contribution in [2.45, 2.75) is 30.9 Å². The minimum absolute atomic E-state index is 0.531. The van der Waals surface area contributed by atoms with Crippen molar-refractivity contribution in [1.29, 1.82) is 0 Å². The van der Waals surface area contributed by atoms with E-state index < -0.39 is 0 Å². The molecule has 0 aromatic carbocycles. The Morgan fingerprint density at radius 1 is 1.47 bits per heavy atom. The predicted octanol–water partition coefficient (Wildman–Crippen LogP) is 3.13. The second-order valence-electron chi connectivity index (χ2n) is 3.62. The standard InChI is InChI=1S/C10H13N3S2/c1-6(2)14-10-12-9-8(15-13-10)4-7(3)5-11-9/h4-6H,1-3H3,(H,11,12,13). The topological polar surface area (TPSA) is 37.3 Å². The van der Waals surface area contributed by atoms with Crippen LogP contribution < -0.4 is 4.72 Å². The Bertz CT molecular complexity index is 402. The molecule has 15 heavy (non-hydrogen) atoms. The molecule has 0 aliphatic carbocycles. The van der Waals surface area contributed by atoms with E-state index in [1.54, 1.807) is 23.7 Å². The van der Waals surface area contributed by atoms with Crippen molar-refractivity contribution in [2.75, 3.05) is 0 Å². The van der Waals surface area contributed by atoms with Gasteiger partial charge in [0, 0.05) is 11.4 Å². The van der Waals surface area contributed by atoms with Gasteiger partial charge in [-0.1, -0.05) is 25.6 Å². The first-order valence-corrected chi connectivity index (χ1v) is 6.49. The lowest BCUT2D eigenvalue weighted by molar-refractivity contribution is 1.11. The third-order valence-electron chi connectivity index (χ3n) is 1.77. The van der Waals surface area contributed by atoms with Crippen LogP contribution in [0.2, 0.25) is 0 Å². The molecule has 0 saturated heterocycles. The maximum atomic E-state index is 4.46. The molecule has 0 spiro atoms. The normalized spacial score (nSPS) is 14.5. The molecule has 2 heterocycles. The van der Waals surface area contributed by atoms with E-state index in [2.05, 4.69) is 34.6 Å². The molecular formula is C10H13N3S2. The van der Waals surface area contributed by atoms with Gasteiger partial charge in [0.15, 0.2) is 11.0 Å². The predicted molar refractivity (Wildman–Crippen MR) is 67.8 cm³/mol. The number of aliphatic imine (C=N–C) groups is 1. The molecule has 1 aliphatic heterocycles. The molecule has 1 aromatic heterocycles. The van der Waals surface area contributed by atoms with Crippen LogP contribution in [-0.2, 0) is 0 Å². The van der Waals surface area contributed by atoms with Crippen molar-refractivity contribution in [3.05, 3.63) is 17.8 Å². The van der Waals surface area contributed by atoms with Crippen molar-refractivity contribution in [2.24, 2.45) is 4.99 Å². The van der Waals surface area contributed by atoms with Crippen LogP contribution in [0.5, 0.6) is 0 Å². The molecule has 0 atom stereocenters. The number of thioether (sulfide) groups is 1. The van der Waals surface area contributed by atoms with Gasteiger partial charge in [0.25, 0.3) is 0 Å². The summed E-state index contributed by atoms with van der Waals surface area (Å²) >= 11 is 3.31. The molecule has 0 amide bonds. The SMILES string of the molecule is Cc1cnc2c(c1)SNC(SC(C)C)=N2. The minimum Gasteiger partial charge on any atom is -0.305 e. The lowest BCUT2D eigenvalue weighted by Gasteiger charge is -2.16. The van der Waals surface area contributed by atoms with Gasteiger partial charge < -0.3 is 4.72 Å². The van der Waals surface area contributed by atoms with Crippen LogP contribution in [0.1, 0.15) is 19.4 Å². The summed E-state index contributed by atoms with van der Waals surface area (Å²) in [5.74, 6) is 0.826. The number of rotatable bonds is 1. The van der Waals surface area contributed by atoms with E-state index in [1.807, 2.05) is 13.1 Å². The Morgan fingerprint density at radius 3 is 3.00 bits per heavy atom. The number of aromatic nitrogens is 1.